The number of rotatable bonds is 6. The van der Waals surface area contributed by atoms with Crippen LogP contribution < -0.4 is 5.32 Å². The summed E-state index contributed by atoms with van der Waals surface area (Å²) in [6.45, 7) is 7.97. The van der Waals surface area contributed by atoms with Gasteiger partial charge in [0, 0.05) is 29.1 Å². The predicted octanol–water partition coefficient (Wildman–Crippen LogP) is 4.27. The van der Waals surface area contributed by atoms with Crippen LogP contribution in [0.5, 0.6) is 0 Å². The van der Waals surface area contributed by atoms with Crippen molar-refractivity contribution in [1.82, 2.24) is 5.32 Å². The van der Waals surface area contributed by atoms with Gasteiger partial charge in [-0.2, -0.15) is 0 Å². The van der Waals surface area contributed by atoms with Gasteiger partial charge in [0.15, 0.2) is 0 Å². The Balaban J connectivity index is 1.96. The first-order valence-corrected chi connectivity index (χ1v) is 8.09. The number of halogens is 2. The Kier molecular flexibility index (Phi) is 5.21. The highest BCUT2D eigenvalue weighted by atomic mass is 79.9. The summed E-state index contributed by atoms with van der Waals surface area (Å²) in [7, 11) is 0. The first kappa shape index (κ1) is 15.9. The first-order chi connectivity index (χ1) is 9.51. The summed E-state index contributed by atoms with van der Waals surface area (Å²) in [5.74, 6) is -0.191. The van der Waals surface area contributed by atoms with Crippen LogP contribution in [0, 0.1) is 11.2 Å². The molecule has 1 N–H and O–H groups in total. The van der Waals surface area contributed by atoms with Crippen molar-refractivity contribution in [2.45, 2.75) is 52.3 Å². The largest absolute Gasteiger partial charge is 0.378 e. The number of hydrogen-bond donors (Lipinski definition) is 1. The summed E-state index contributed by atoms with van der Waals surface area (Å²) in [5, 5.41) is 3.56. The third kappa shape index (κ3) is 3.07. The second-order valence-electron chi connectivity index (χ2n) is 5.71. The van der Waals surface area contributed by atoms with Crippen molar-refractivity contribution < 1.29 is 9.13 Å². The summed E-state index contributed by atoms with van der Waals surface area (Å²) in [5.41, 5.74) is 1.14. The van der Waals surface area contributed by atoms with Crippen LogP contribution in [0.15, 0.2) is 22.7 Å². The van der Waals surface area contributed by atoms with Crippen LogP contribution >= 0.6 is 15.9 Å². The lowest BCUT2D eigenvalue weighted by Gasteiger charge is -2.53. The van der Waals surface area contributed by atoms with Crippen molar-refractivity contribution in [3.05, 3.63) is 34.1 Å². The van der Waals surface area contributed by atoms with Gasteiger partial charge in [0.2, 0.25) is 0 Å². The van der Waals surface area contributed by atoms with Crippen LogP contribution in [0.4, 0.5) is 4.39 Å². The minimum atomic E-state index is -0.191. The zero-order valence-corrected chi connectivity index (χ0v) is 14.0. The van der Waals surface area contributed by atoms with E-state index in [1.54, 1.807) is 12.1 Å². The smallest absolute Gasteiger partial charge is 0.123 e. The summed E-state index contributed by atoms with van der Waals surface area (Å²) in [6.07, 6.45) is 2.45. The molecule has 1 aliphatic rings. The topological polar surface area (TPSA) is 21.3 Å². The molecule has 112 valence electrons. The van der Waals surface area contributed by atoms with Gasteiger partial charge < -0.3 is 10.1 Å². The lowest BCUT2D eigenvalue weighted by Crippen LogP contribution is -2.61. The number of nitrogens with one attached hydrogen (secondary N) is 1. The molecule has 1 saturated carbocycles. The van der Waals surface area contributed by atoms with Gasteiger partial charge in [0.1, 0.15) is 5.82 Å². The zero-order valence-electron chi connectivity index (χ0n) is 12.4. The van der Waals surface area contributed by atoms with Crippen LogP contribution in [-0.2, 0) is 11.3 Å². The molecule has 2 nitrogen and oxygen atoms in total. The Morgan fingerprint density at radius 3 is 2.85 bits per heavy atom. The van der Waals surface area contributed by atoms with Crippen LogP contribution in [0.3, 0.4) is 0 Å². The van der Waals surface area contributed by atoms with E-state index in [9.17, 15) is 4.39 Å². The maximum atomic E-state index is 13.3. The SMILES string of the molecule is CCOC1CC(NCc2cc(F)ccc2Br)C1(C)CC. The van der Waals surface area contributed by atoms with Crippen molar-refractivity contribution >= 4 is 15.9 Å². The Morgan fingerprint density at radius 1 is 1.45 bits per heavy atom. The molecule has 0 radical (unpaired) electrons. The molecule has 0 heterocycles. The Bertz CT molecular complexity index is 468. The van der Waals surface area contributed by atoms with E-state index < -0.39 is 0 Å². The lowest BCUT2D eigenvalue weighted by atomic mass is 9.61. The minimum absolute atomic E-state index is 0.176. The van der Waals surface area contributed by atoms with Gasteiger partial charge in [0.05, 0.1) is 6.10 Å². The van der Waals surface area contributed by atoms with Crippen molar-refractivity contribution in [2.75, 3.05) is 6.61 Å². The Labute approximate surface area is 129 Å². The molecule has 2 rings (SSSR count). The van der Waals surface area contributed by atoms with Crippen LogP contribution in [0.25, 0.3) is 0 Å². The Morgan fingerprint density at radius 2 is 2.20 bits per heavy atom. The van der Waals surface area contributed by atoms with Gasteiger partial charge in [-0.25, -0.2) is 4.39 Å². The number of ether oxygens (including phenoxy) is 1. The third-order valence-electron chi connectivity index (χ3n) is 4.66. The highest BCUT2D eigenvalue weighted by molar-refractivity contribution is 9.10. The second kappa shape index (κ2) is 6.54. The van der Waals surface area contributed by atoms with Crippen LogP contribution in [-0.4, -0.2) is 18.8 Å². The fraction of sp³-hybridized carbons (Fsp3) is 0.625. The van der Waals surface area contributed by atoms with E-state index in [1.165, 1.54) is 6.07 Å². The molecule has 0 aliphatic heterocycles. The first-order valence-electron chi connectivity index (χ1n) is 7.30. The molecule has 1 aromatic rings. The monoisotopic (exact) mass is 343 g/mol. The van der Waals surface area contributed by atoms with E-state index in [0.717, 1.165) is 29.5 Å². The molecule has 0 saturated heterocycles. The molecule has 1 aliphatic carbocycles. The summed E-state index contributed by atoms with van der Waals surface area (Å²) in [6, 6.07) is 5.24. The van der Waals surface area contributed by atoms with Crippen molar-refractivity contribution in [3.63, 3.8) is 0 Å². The van der Waals surface area contributed by atoms with Gasteiger partial charge in [-0.3, -0.25) is 0 Å². The zero-order chi connectivity index (χ0) is 14.8. The lowest BCUT2D eigenvalue weighted by molar-refractivity contribution is -0.126. The van der Waals surface area contributed by atoms with E-state index in [1.807, 2.05) is 6.92 Å². The highest BCUT2D eigenvalue weighted by Crippen LogP contribution is 2.46. The van der Waals surface area contributed by atoms with Crippen molar-refractivity contribution in [2.24, 2.45) is 5.41 Å². The summed E-state index contributed by atoms with van der Waals surface area (Å²) >= 11 is 3.47. The van der Waals surface area contributed by atoms with Crippen molar-refractivity contribution in [3.8, 4) is 0 Å². The van der Waals surface area contributed by atoms with Gasteiger partial charge in [-0.15, -0.1) is 0 Å². The number of benzene rings is 1. The molecule has 0 spiro atoms. The molecule has 0 bridgehead atoms. The summed E-state index contributed by atoms with van der Waals surface area (Å²) < 4.78 is 20.0. The van der Waals surface area contributed by atoms with E-state index in [2.05, 4.69) is 35.1 Å². The average Bonchev–Trinajstić information content (AvgIpc) is 2.44. The molecule has 1 aromatic carbocycles. The van der Waals surface area contributed by atoms with E-state index in [-0.39, 0.29) is 11.2 Å². The molecule has 1 fully saturated rings. The third-order valence-corrected chi connectivity index (χ3v) is 5.43. The Hall–Kier alpha value is -0.450. The number of hydrogen-bond acceptors (Lipinski definition) is 2. The minimum Gasteiger partial charge on any atom is -0.378 e. The molecular formula is C16H23BrFNO. The molecule has 4 heteroatoms. The van der Waals surface area contributed by atoms with E-state index in [0.29, 0.717) is 18.7 Å². The highest BCUT2D eigenvalue weighted by Gasteiger charge is 2.50. The van der Waals surface area contributed by atoms with E-state index >= 15 is 0 Å². The van der Waals surface area contributed by atoms with E-state index in [4.69, 9.17) is 4.74 Å². The normalized spacial score (nSPS) is 29.2. The predicted molar refractivity (Wildman–Crippen MR) is 83.2 cm³/mol. The second-order valence-corrected chi connectivity index (χ2v) is 6.56. The molecular weight excluding hydrogens is 321 g/mol. The fourth-order valence-electron chi connectivity index (χ4n) is 2.98. The molecule has 20 heavy (non-hydrogen) atoms. The molecule has 0 aromatic heterocycles. The van der Waals surface area contributed by atoms with Crippen molar-refractivity contribution in [1.29, 1.82) is 0 Å². The van der Waals surface area contributed by atoms with Gasteiger partial charge in [0.25, 0.3) is 0 Å². The fourth-order valence-corrected chi connectivity index (χ4v) is 3.37. The molecule has 0 amide bonds. The standard InChI is InChI=1S/C16H23BrFNO/c1-4-16(3)14(9-15(16)20-5-2)19-10-11-8-12(18)6-7-13(11)17/h6-8,14-15,19H,4-5,9-10H2,1-3H3. The van der Waals surface area contributed by atoms with Crippen LogP contribution in [0.1, 0.15) is 39.2 Å². The quantitative estimate of drug-likeness (QED) is 0.832. The molecule has 3 unspecified atom stereocenters. The van der Waals surface area contributed by atoms with Gasteiger partial charge in [-0.1, -0.05) is 29.8 Å². The van der Waals surface area contributed by atoms with Gasteiger partial charge >= 0.3 is 0 Å². The summed E-state index contributed by atoms with van der Waals surface area (Å²) in [4.78, 5) is 0. The molecule has 3 atom stereocenters. The van der Waals surface area contributed by atoms with Gasteiger partial charge in [-0.05, 0) is 43.5 Å². The maximum absolute atomic E-state index is 13.3. The van der Waals surface area contributed by atoms with Crippen LogP contribution in [0.2, 0.25) is 0 Å². The average molecular weight is 344 g/mol. The maximum Gasteiger partial charge on any atom is 0.123 e.